The largest absolute Gasteiger partial charge is 0.497 e. The summed E-state index contributed by atoms with van der Waals surface area (Å²) in [4.78, 5) is 4.97. The van der Waals surface area contributed by atoms with E-state index >= 15 is 0 Å². The highest BCUT2D eigenvalue weighted by atomic mass is 16.5. The first kappa shape index (κ1) is 19.7. The summed E-state index contributed by atoms with van der Waals surface area (Å²) in [7, 11) is 1.67. The third kappa shape index (κ3) is 4.18. The quantitative estimate of drug-likeness (QED) is 0.323. The predicted molar refractivity (Wildman–Crippen MR) is 127 cm³/mol. The summed E-state index contributed by atoms with van der Waals surface area (Å²) in [5, 5.41) is 0. The van der Waals surface area contributed by atoms with Crippen molar-refractivity contribution >= 4 is 11.4 Å². The van der Waals surface area contributed by atoms with Gasteiger partial charge in [0.25, 0.3) is 0 Å². The molecule has 0 aliphatic rings. The van der Waals surface area contributed by atoms with Crippen LogP contribution in [0.25, 0.3) is 22.3 Å². The van der Waals surface area contributed by atoms with Gasteiger partial charge in [0.15, 0.2) is 0 Å². The van der Waals surface area contributed by atoms with E-state index in [1.807, 2.05) is 24.3 Å². The number of aliphatic imine (C=N–C) groups is 1. The van der Waals surface area contributed by atoms with Gasteiger partial charge in [-0.25, -0.2) is 0 Å². The van der Waals surface area contributed by atoms with Crippen LogP contribution in [0, 0.1) is 6.92 Å². The molecule has 0 heterocycles. The van der Waals surface area contributed by atoms with Gasteiger partial charge in [-0.2, -0.15) is 0 Å². The van der Waals surface area contributed by atoms with E-state index in [4.69, 9.17) is 9.73 Å². The van der Waals surface area contributed by atoms with Crippen LogP contribution in [0.4, 0.5) is 5.69 Å². The lowest BCUT2D eigenvalue weighted by molar-refractivity contribution is 0.415. The molecule has 0 aromatic heterocycles. The van der Waals surface area contributed by atoms with Gasteiger partial charge in [-0.1, -0.05) is 72.8 Å². The molecule has 148 valence electrons. The SMILES string of the molecule is COc1ccc(N=C(C)c2c(-c3ccccc3)cc(C)cc2-c2ccccc2)cc1. The van der Waals surface area contributed by atoms with Crippen molar-refractivity contribution in [1.82, 2.24) is 0 Å². The third-order valence-corrected chi connectivity index (χ3v) is 5.18. The molecule has 0 bridgehead atoms. The average Bonchev–Trinajstić information content (AvgIpc) is 2.80. The van der Waals surface area contributed by atoms with Gasteiger partial charge in [-0.15, -0.1) is 0 Å². The maximum absolute atomic E-state index is 5.28. The van der Waals surface area contributed by atoms with Crippen molar-refractivity contribution in [2.75, 3.05) is 7.11 Å². The minimum atomic E-state index is 0.830. The van der Waals surface area contributed by atoms with Crippen molar-refractivity contribution in [3.8, 4) is 28.0 Å². The highest BCUT2D eigenvalue weighted by molar-refractivity contribution is 6.11. The molecule has 0 atom stereocenters. The normalized spacial score (nSPS) is 11.4. The summed E-state index contributed by atoms with van der Waals surface area (Å²) in [5.41, 5.74) is 9.07. The number of aryl methyl sites for hydroxylation is 1. The lowest BCUT2D eigenvalue weighted by Crippen LogP contribution is -2.02. The number of hydrogen-bond acceptors (Lipinski definition) is 2. The van der Waals surface area contributed by atoms with Gasteiger partial charge in [0.05, 0.1) is 12.8 Å². The number of ether oxygens (including phenoxy) is 1. The van der Waals surface area contributed by atoms with Gasteiger partial charge in [0.2, 0.25) is 0 Å². The molecule has 30 heavy (non-hydrogen) atoms. The third-order valence-electron chi connectivity index (χ3n) is 5.18. The molecular weight excluding hydrogens is 366 g/mol. The van der Waals surface area contributed by atoms with Crippen molar-refractivity contribution in [1.29, 1.82) is 0 Å². The number of benzene rings is 4. The van der Waals surface area contributed by atoms with Crippen molar-refractivity contribution < 1.29 is 4.74 Å². The molecule has 0 saturated carbocycles. The van der Waals surface area contributed by atoms with Crippen molar-refractivity contribution in [3.05, 3.63) is 108 Å². The zero-order chi connectivity index (χ0) is 20.9. The topological polar surface area (TPSA) is 21.6 Å². The summed E-state index contributed by atoms with van der Waals surface area (Å²) in [6, 6.07) is 33.4. The van der Waals surface area contributed by atoms with Crippen LogP contribution in [-0.4, -0.2) is 12.8 Å². The molecule has 0 spiro atoms. The van der Waals surface area contributed by atoms with E-state index in [2.05, 4.69) is 86.6 Å². The van der Waals surface area contributed by atoms with Crippen LogP contribution in [0.3, 0.4) is 0 Å². The molecule has 0 amide bonds. The lowest BCUT2D eigenvalue weighted by Gasteiger charge is -2.17. The van der Waals surface area contributed by atoms with Gasteiger partial charge >= 0.3 is 0 Å². The Labute approximate surface area is 178 Å². The first-order valence-electron chi connectivity index (χ1n) is 10.1. The van der Waals surface area contributed by atoms with E-state index in [9.17, 15) is 0 Å². The van der Waals surface area contributed by atoms with Gasteiger partial charge in [-0.05, 0) is 65.9 Å². The minimum absolute atomic E-state index is 0.830. The monoisotopic (exact) mass is 391 g/mol. The Bertz CT molecular complexity index is 1100. The highest BCUT2D eigenvalue weighted by Gasteiger charge is 2.16. The van der Waals surface area contributed by atoms with Gasteiger partial charge in [0, 0.05) is 11.3 Å². The second-order valence-electron chi connectivity index (χ2n) is 7.36. The molecule has 0 fully saturated rings. The first-order valence-corrected chi connectivity index (χ1v) is 10.1. The molecule has 0 aliphatic carbocycles. The van der Waals surface area contributed by atoms with Gasteiger partial charge in [0.1, 0.15) is 5.75 Å². The summed E-state index contributed by atoms with van der Waals surface area (Å²) in [6.07, 6.45) is 0. The molecule has 4 aromatic carbocycles. The van der Waals surface area contributed by atoms with Crippen LogP contribution in [-0.2, 0) is 0 Å². The minimum Gasteiger partial charge on any atom is -0.497 e. The van der Waals surface area contributed by atoms with E-state index in [1.54, 1.807) is 7.11 Å². The van der Waals surface area contributed by atoms with E-state index in [0.29, 0.717) is 0 Å². The summed E-state index contributed by atoms with van der Waals surface area (Å²) in [6.45, 7) is 4.24. The molecule has 0 saturated heterocycles. The van der Waals surface area contributed by atoms with Crippen LogP contribution < -0.4 is 4.74 Å². The molecule has 4 aromatic rings. The van der Waals surface area contributed by atoms with E-state index in [-0.39, 0.29) is 0 Å². The Balaban J connectivity index is 1.94. The maximum atomic E-state index is 5.28. The van der Waals surface area contributed by atoms with Crippen molar-refractivity contribution in [2.24, 2.45) is 4.99 Å². The highest BCUT2D eigenvalue weighted by Crippen LogP contribution is 2.35. The van der Waals surface area contributed by atoms with E-state index in [0.717, 1.165) is 22.7 Å². The number of hydrogen-bond donors (Lipinski definition) is 0. The Morgan fingerprint density at radius 3 is 1.67 bits per heavy atom. The van der Waals surface area contributed by atoms with E-state index in [1.165, 1.54) is 27.8 Å². The molecule has 4 rings (SSSR count). The fourth-order valence-corrected chi connectivity index (χ4v) is 3.77. The molecule has 2 nitrogen and oxygen atoms in total. The molecule has 0 aliphatic heterocycles. The lowest BCUT2D eigenvalue weighted by atomic mass is 9.87. The Morgan fingerprint density at radius 2 is 1.20 bits per heavy atom. The van der Waals surface area contributed by atoms with Crippen molar-refractivity contribution in [3.63, 3.8) is 0 Å². The molecule has 0 N–H and O–H groups in total. The fraction of sp³-hybridized carbons (Fsp3) is 0.107. The summed E-state index contributed by atoms with van der Waals surface area (Å²) in [5.74, 6) is 0.830. The van der Waals surface area contributed by atoms with Crippen LogP contribution >= 0.6 is 0 Å². The molecular formula is C28H25NO. The van der Waals surface area contributed by atoms with Crippen LogP contribution in [0.15, 0.2) is 102 Å². The zero-order valence-corrected chi connectivity index (χ0v) is 17.6. The predicted octanol–water partition coefficient (Wildman–Crippen LogP) is 7.48. The molecule has 0 radical (unpaired) electrons. The second kappa shape index (κ2) is 8.79. The number of methoxy groups -OCH3 is 1. The van der Waals surface area contributed by atoms with Gasteiger partial charge < -0.3 is 4.74 Å². The fourth-order valence-electron chi connectivity index (χ4n) is 3.77. The zero-order valence-electron chi connectivity index (χ0n) is 17.6. The number of rotatable bonds is 5. The Kier molecular flexibility index (Phi) is 5.76. The van der Waals surface area contributed by atoms with Crippen molar-refractivity contribution in [2.45, 2.75) is 13.8 Å². The average molecular weight is 392 g/mol. The maximum Gasteiger partial charge on any atom is 0.119 e. The first-order chi connectivity index (χ1) is 14.7. The van der Waals surface area contributed by atoms with Crippen LogP contribution in [0.1, 0.15) is 18.1 Å². The molecule has 2 heteroatoms. The smallest absolute Gasteiger partial charge is 0.119 e. The molecule has 0 unspecified atom stereocenters. The standard InChI is InChI=1S/C28H25NO/c1-20-18-26(22-10-6-4-7-11-22)28(27(19-20)23-12-8-5-9-13-23)21(2)29-24-14-16-25(30-3)17-15-24/h4-19H,1-3H3. The summed E-state index contributed by atoms with van der Waals surface area (Å²) < 4.78 is 5.28. The number of nitrogens with zero attached hydrogens (tertiary/aromatic N) is 1. The van der Waals surface area contributed by atoms with E-state index < -0.39 is 0 Å². The second-order valence-corrected chi connectivity index (χ2v) is 7.36. The Hall–Kier alpha value is -3.65. The van der Waals surface area contributed by atoms with Gasteiger partial charge in [-0.3, -0.25) is 4.99 Å². The summed E-state index contributed by atoms with van der Waals surface area (Å²) >= 11 is 0. The van der Waals surface area contributed by atoms with Crippen LogP contribution in [0.5, 0.6) is 5.75 Å². The van der Waals surface area contributed by atoms with Crippen LogP contribution in [0.2, 0.25) is 0 Å². The Morgan fingerprint density at radius 1 is 0.700 bits per heavy atom.